The molecular formula is C9H9BrClN3S. The predicted molar refractivity (Wildman–Crippen MR) is 71.7 cm³/mol. The van der Waals surface area contributed by atoms with Crippen molar-refractivity contribution < 1.29 is 0 Å². The van der Waals surface area contributed by atoms with Crippen LogP contribution in [0.5, 0.6) is 0 Å². The molecule has 15 heavy (non-hydrogen) atoms. The van der Waals surface area contributed by atoms with Gasteiger partial charge in [0.2, 0.25) is 0 Å². The molecule has 0 aliphatic heterocycles. The van der Waals surface area contributed by atoms with Crippen molar-refractivity contribution >= 4 is 50.6 Å². The van der Waals surface area contributed by atoms with E-state index in [4.69, 9.17) is 17.3 Å². The van der Waals surface area contributed by atoms with E-state index in [1.165, 1.54) is 0 Å². The van der Waals surface area contributed by atoms with E-state index < -0.39 is 0 Å². The van der Waals surface area contributed by atoms with Crippen LogP contribution in [0.25, 0.3) is 0 Å². The minimum Gasteiger partial charge on any atom is -0.375 e. The molecule has 0 saturated heterocycles. The smallest absolute Gasteiger partial charge is 0.184 e. The van der Waals surface area contributed by atoms with Crippen molar-refractivity contribution in [2.24, 2.45) is 10.8 Å². The third-order valence-corrected chi connectivity index (χ3v) is 2.48. The van der Waals surface area contributed by atoms with E-state index in [-0.39, 0.29) is 5.11 Å². The van der Waals surface area contributed by atoms with Gasteiger partial charge >= 0.3 is 0 Å². The van der Waals surface area contributed by atoms with Crippen LogP contribution in [-0.4, -0.2) is 16.2 Å². The van der Waals surface area contributed by atoms with Crippen molar-refractivity contribution in [1.29, 1.82) is 0 Å². The Balaban J connectivity index is 2.87. The molecule has 80 valence electrons. The van der Waals surface area contributed by atoms with Gasteiger partial charge in [-0.25, -0.2) is 0 Å². The van der Waals surface area contributed by atoms with Gasteiger partial charge in [0, 0.05) is 10.4 Å². The average Bonchev–Trinajstić information content (AvgIpc) is 2.21. The van der Waals surface area contributed by atoms with E-state index in [1.807, 2.05) is 12.1 Å². The molecule has 3 N–H and O–H groups in total. The van der Waals surface area contributed by atoms with Gasteiger partial charge in [0.05, 0.1) is 5.71 Å². The van der Waals surface area contributed by atoms with Crippen LogP contribution < -0.4 is 11.2 Å². The fraction of sp³-hybridized carbons (Fsp3) is 0.111. The Hall–Kier alpha value is -0.650. The molecule has 0 atom stereocenters. The third-order valence-electron chi connectivity index (χ3n) is 1.61. The second-order valence-corrected chi connectivity index (χ2v) is 4.11. The molecule has 0 spiro atoms. The Labute approximate surface area is 107 Å². The first-order valence-corrected chi connectivity index (χ1v) is 5.98. The molecule has 0 amide bonds. The minimum absolute atomic E-state index is 0.141. The van der Waals surface area contributed by atoms with Crippen molar-refractivity contribution in [3.05, 3.63) is 34.9 Å². The molecule has 0 bridgehead atoms. The molecule has 3 nitrogen and oxygen atoms in total. The van der Waals surface area contributed by atoms with Crippen LogP contribution in [0.2, 0.25) is 5.02 Å². The number of alkyl halides is 1. The first-order valence-electron chi connectivity index (χ1n) is 4.07. The van der Waals surface area contributed by atoms with Gasteiger partial charge in [-0.15, -0.1) is 0 Å². The van der Waals surface area contributed by atoms with Crippen LogP contribution in [-0.2, 0) is 0 Å². The Morgan fingerprint density at radius 1 is 1.47 bits per heavy atom. The maximum atomic E-state index is 5.78. The predicted octanol–water partition coefficient (Wildman–Crippen LogP) is 2.27. The zero-order chi connectivity index (χ0) is 11.3. The largest absolute Gasteiger partial charge is 0.375 e. The molecule has 1 aromatic rings. The number of hydrogen-bond acceptors (Lipinski definition) is 2. The molecular weight excluding hydrogens is 298 g/mol. The minimum atomic E-state index is 0.141. The van der Waals surface area contributed by atoms with Gasteiger partial charge in [0.15, 0.2) is 5.11 Å². The molecule has 0 aromatic heterocycles. The van der Waals surface area contributed by atoms with Gasteiger partial charge in [-0.2, -0.15) is 5.10 Å². The summed E-state index contributed by atoms with van der Waals surface area (Å²) in [5.74, 6) is 0. The van der Waals surface area contributed by atoms with Crippen molar-refractivity contribution in [1.82, 2.24) is 5.43 Å². The number of rotatable bonds is 3. The van der Waals surface area contributed by atoms with Gasteiger partial charge in [-0.1, -0.05) is 39.7 Å². The highest BCUT2D eigenvalue weighted by atomic mass is 79.9. The van der Waals surface area contributed by atoms with Crippen LogP contribution in [0.3, 0.4) is 0 Å². The lowest BCUT2D eigenvalue weighted by molar-refractivity contribution is 1.03. The van der Waals surface area contributed by atoms with Crippen molar-refractivity contribution in [3.63, 3.8) is 0 Å². The number of nitrogens with one attached hydrogen (secondary N) is 1. The Kier molecular flexibility index (Phi) is 5.01. The zero-order valence-electron chi connectivity index (χ0n) is 7.71. The van der Waals surface area contributed by atoms with Crippen LogP contribution in [0.15, 0.2) is 29.4 Å². The highest BCUT2D eigenvalue weighted by molar-refractivity contribution is 9.09. The molecule has 6 heteroatoms. The SMILES string of the molecule is NC(=S)N/N=C(\CBr)c1ccc(Cl)cc1. The fourth-order valence-electron chi connectivity index (χ4n) is 0.936. The number of nitrogens with zero attached hydrogens (tertiary/aromatic N) is 1. The van der Waals surface area contributed by atoms with Gasteiger partial charge in [0.25, 0.3) is 0 Å². The Bertz CT molecular complexity index is 377. The number of halogens is 2. The molecule has 0 aliphatic rings. The summed E-state index contributed by atoms with van der Waals surface area (Å²) in [6.07, 6.45) is 0. The summed E-state index contributed by atoms with van der Waals surface area (Å²) in [5, 5.41) is 5.48. The highest BCUT2D eigenvalue weighted by Gasteiger charge is 2.01. The van der Waals surface area contributed by atoms with Gasteiger partial charge in [-0.3, -0.25) is 5.43 Å². The maximum Gasteiger partial charge on any atom is 0.184 e. The molecule has 0 saturated carbocycles. The summed E-state index contributed by atoms with van der Waals surface area (Å²) in [5.41, 5.74) is 9.58. The topological polar surface area (TPSA) is 50.4 Å². The van der Waals surface area contributed by atoms with Gasteiger partial charge in [0.1, 0.15) is 0 Å². The van der Waals surface area contributed by atoms with E-state index in [0.717, 1.165) is 11.3 Å². The van der Waals surface area contributed by atoms with Crippen LogP contribution >= 0.6 is 39.7 Å². The average molecular weight is 307 g/mol. The summed E-state index contributed by atoms with van der Waals surface area (Å²) < 4.78 is 0. The number of hydrazone groups is 1. The number of nitrogens with two attached hydrogens (primary N) is 1. The lowest BCUT2D eigenvalue weighted by Gasteiger charge is -2.03. The second-order valence-electron chi connectivity index (χ2n) is 2.68. The lowest BCUT2D eigenvalue weighted by atomic mass is 10.1. The molecule has 1 aromatic carbocycles. The maximum absolute atomic E-state index is 5.78. The van der Waals surface area contributed by atoms with E-state index in [1.54, 1.807) is 12.1 Å². The normalized spacial score (nSPS) is 11.2. The summed E-state index contributed by atoms with van der Waals surface area (Å²) in [6, 6.07) is 7.36. The third kappa shape index (κ3) is 4.15. The zero-order valence-corrected chi connectivity index (χ0v) is 10.9. The highest BCUT2D eigenvalue weighted by Crippen LogP contribution is 2.11. The molecule has 0 heterocycles. The number of hydrogen-bond donors (Lipinski definition) is 2. The fourth-order valence-corrected chi connectivity index (χ4v) is 1.56. The van der Waals surface area contributed by atoms with Crippen molar-refractivity contribution in [2.45, 2.75) is 0 Å². The molecule has 0 aliphatic carbocycles. The quantitative estimate of drug-likeness (QED) is 0.390. The summed E-state index contributed by atoms with van der Waals surface area (Å²) >= 11 is 13.8. The standard InChI is InChI=1S/C9H9BrClN3S/c10-5-8(13-14-9(12)15)6-1-3-7(11)4-2-6/h1-4H,5H2,(H3,12,14,15)/b13-8+. The molecule has 0 unspecified atom stereocenters. The van der Waals surface area contributed by atoms with E-state index in [2.05, 4.69) is 38.7 Å². The van der Waals surface area contributed by atoms with Gasteiger partial charge < -0.3 is 5.73 Å². The van der Waals surface area contributed by atoms with E-state index in [9.17, 15) is 0 Å². The molecule has 0 fully saturated rings. The van der Waals surface area contributed by atoms with E-state index >= 15 is 0 Å². The number of benzene rings is 1. The van der Waals surface area contributed by atoms with Crippen LogP contribution in [0, 0.1) is 0 Å². The van der Waals surface area contributed by atoms with Crippen molar-refractivity contribution in [3.8, 4) is 0 Å². The Morgan fingerprint density at radius 2 is 2.07 bits per heavy atom. The lowest BCUT2D eigenvalue weighted by Crippen LogP contribution is -2.26. The van der Waals surface area contributed by atoms with Crippen LogP contribution in [0.1, 0.15) is 5.56 Å². The summed E-state index contributed by atoms with van der Waals surface area (Å²) in [4.78, 5) is 0. The Morgan fingerprint density at radius 3 is 2.53 bits per heavy atom. The first-order chi connectivity index (χ1) is 7.13. The second kappa shape index (κ2) is 6.05. The molecule has 0 radical (unpaired) electrons. The summed E-state index contributed by atoms with van der Waals surface area (Å²) in [6.45, 7) is 0. The van der Waals surface area contributed by atoms with Crippen LogP contribution in [0.4, 0.5) is 0 Å². The number of thiocarbonyl (C=S) groups is 1. The van der Waals surface area contributed by atoms with E-state index in [0.29, 0.717) is 10.4 Å². The molecule has 1 rings (SSSR count). The first kappa shape index (κ1) is 12.4. The van der Waals surface area contributed by atoms with Gasteiger partial charge in [-0.05, 0) is 29.9 Å². The monoisotopic (exact) mass is 305 g/mol. The summed E-state index contributed by atoms with van der Waals surface area (Å²) in [7, 11) is 0. The van der Waals surface area contributed by atoms with Crippen molar-refractivity contribution in [2.75, 3.05) is 5.33 Å².